The number of hydrogen-bond donors (Lipinski definition) is 3. The maximum absolute atomic E-state index is 13.2. The van der Waals surface area contributed by atoms with E-state index in [9.17, 15) is 27.6 Å². The number of hydrogen-bond acceptors (Lipinski definition) is 6. The summed E-state index contributed by atoms with van der Waals surface area (Å²) in [6.07, 6.45) is -3.92. The molecule has 0 spiro atoms. The van der Waals surface area contributed by atoms with Crippen molar-refractivity contribution >= 4 is 29.2 Å². The Morgan fingerprint density at radius 2 is 1.56 bits per heavy atom. The Kier molecular flexibility index (Phi) is 10.4. The van der Waals surface area contributed by atoms with Gasteiger partial charge in [-0.05, 0) is 78.3 Å². The number of benzene rings is 2. The van der Waals surface area contributed by atoms with Crippen molar-refractivity contribution in [2.45, 2.75) is 72.3 Å². The summed E-state index contributed by atoms with van der Waals surface area (Å²) in [5.41, 5.74) is -1.28. The molecule has 1 aromatic heterocycles. The van der Waals surface area contributed by atoms with Crippen LogP contribution >= 0.6 is 0 Å². The van der Waals surface area contributed by atoms with Gasteiger partial charge in [0.2, 0.25) is 5.91 Å². The number of Topliss-reactive ketones (excluding diaryl/α,β-unsaturated/α-hetero) is 1. The number of carbonyl (C=O) groups is 3. The molecule has 0 radical (unpaired) electrons. The minimum atomic E-state index is -4.72. The van der Waals surface area contributed by atoms with E-state index in [1.54, 1.807) is 18.3 Å². The van der Waals surface area contributed by atoms with E-state index < -0.39 is 41.6 Å². The molecule has 41 heavy (non-hydrogen) atoms. The summed E-state index contributed by atoms with van der Waals surface area (Å²) < 4.78 is 46.7. The number of aryl methyl sites for hydroxylation is 1. The van der Waals surface area contributed by atoms with E-state index >= 15 is 0 Å². The third-order valence-corrected chi connectivity index (χ3v) is 4.97. The van der Waals surface area contributed by atoms with Crippen LogP contribution in [0.15, 0.2) is 48.8 Å². The molecule has 3 aromatic rings. The quantitative estimate of drug-likeness (QED) is 0.225. The summed E-state index contributed by atoms with van der Waals surface area (Å²) in [6.45, 7) is 13.6. The molecular weight excluding hydrogens is 543 g/mol. The van der Waals surface area contributed by atoms with E-state index in [0.29, 0.717) is 11.8 Å². The third kappa shape index (κ3) is 11.0. The van der Waals surface area contributed by atoms with Gasteiger partial charge in [0.05, 0.1) is 52.6 Å². The first-order chi connectivity index (χ1) is 18.7. The number of rotatable bonds is 6. The normalized spacial score (nSPS) is 11.8. The maximum atomic E-state index is 13.2. The molecule has 0 unspecified atom stereocenters. The summed E-state index contributed by atoms with van der Waals surface area (Å²) in [7, 11) is 0. The molecule has 3 N–H and O–H groups in total. The number of nitrogens with one attached hydrogen (secondary N) is 2. The van der Waals surface area contributed by atoms with E-state index in [-0.39, 0.29) is 28.0 Å². The Morgan fingerprint density at radius 3 is 2.05 bits per heavy atom. The third-order valence-electron chi connectivity index (χ3n) is 4.97. The van der Waals surface area contributed by atoms with Crippen molar-refractivity contribution in [3.05, 3.63) is 65.5 Å². The Hall–Kier alpha value is -4.26. The number of nitrogens with zero attached hydrogens (tertiary/aromatic N) is 3. The van der Waals surface area contributed by atoms with Crippen LogP contribution in [0, 0.1) is 6.92 Å². The van der Waals surface area contributed by atoms with Gasteiger partial charge in [-0.25, -0.2) is 9.48 Å². The summed E-state index contributed by atoms with van der Waals surface area (Å²) in [5.74, 6) is -1.51. The number of carbonyl (C=O) groups excluding carboxylic acids is 2. The molecule has 13 heteroatoms. The van der Waals surface area contributed by atoms with Crippen molar-refractivity contribution in [1.82, 2.24) is 15.0 Å². The van der Waals surface area contributed by atoms with Crippen LogP contribution in [0.1, 0.15) is 69.4 Å². The highest BCUT2D eigenvalue weighted by atomic mass is 19.4. The second-order valence-corrected chi connectivity index (χ2v) is 11.0. The van der Waals surface area contributed by atoms with E-state index in [1.807, 2.05) is 5.32 Å². The second kappa shape index (κ2) is 12.9. The predicted molar refractivity (Wildman–Crippen MR) is 147 cm³/mol. The van der Waals surface area contributed by atoms with Gasteiger partial charge in [0, 0.05) is 5.56 Å². The molecule has 0 saturated heterocycles. The first-order valence-corrected chi connectivity index (χ1v) is 12.5. The second-order valence-electron chi connectivity index (χ2n) is 11.0. The van der Waals surface area contributed by atoms with E-state index in [4.69, 9.17) is 9.84 Å². The molecule has 0 atom stereocenters. The van der Waals surface area contributed by atoms with Crippen molar-refractivity contribution in [2.24, 2.45) is 0 Å². The SMILES string of the molecule is CC(C)(C)OC(C)(C)C.Cc1cc(NC(=O)O)c(NC(=O)CC(=O)c2cccc(-n3ccnn3)c2)cc1C(F)(F)F. The van der Waals surface area contributed by atoms with Gasteiger partial charge in [0.15, 0.2) is 5.78 Å². The fraction of sp³-hybridized carbons (Fsp3) is 0.393. The molecule has 1 heterocycles. The average molecular weight is 578 g/mol. The number of aromatic nitrogens is 3. The smallest absolute Gasteiger partial charge is 0.416 e. The number of alkyl halides is 3. The summed E-state index contributed by atoms with van der Waals surface area (Å²) in [4.78, 5) is 35.9. The monoisotopic (exact) mass is 577 g/mol. The number of anilines is 2. The minimum absolute atomic E-state index is 0.0156. The molecule has 2 amide bonds. The lowest BCUT2D eigenvalue weighted by atomic mass is 10.0. The van der Waals surface area contributed by atoms with E-state index in [1.165, 1.54) is 23.0 Å². The zero-order chi connectivity index (χ0) is 31.2. The van der Waals surface area contributed by atoms with Gasteiger partial charge in [0.1, 0.15) is 0 Å². The molecule has 2 aromatic carbocycles. The molecule has 10 nitrogen and oxygen atoms in total. The van der Waals surface area contributed by atoms with Crippen LogP contribution in [-0.2, 0) is 15.7 Å². The van der Waals surface area contributed by atoms with Crippen LogP contribution in [0.5, 0.6) is 0 Å². The Bertz CT molecular complexity index is 1360. The minimum Gasteiger partial charge on any atom is -0.465 e. The molecule has 0 aliphatic heterocycles. The van der Waals surface area contributed by atoms with Gasteiger partial charge in [-0.3, -0.25) is 14.9 Å². The molecule has 0 bridgehead atoms. The summed E-state index contributed by atoms with van der Waals surface area (Å²) >= 11 is 0. The van der Waals surface area contributed by atoms with Crippen molar-refractivity contribution in [2.75, 3.05) is 10.6 Å². The summed E-state index contributed by atoms with van der Waals surface area (Å²) in [6, 6.07) is 7.77. The largest absolute Gasteiger partial charge is 0.465 e. The number of ether oxygens (including phenoxy) is 1. The molecular formula is C28H34F3N5O5. The number of ketones is 1. The topological polar surface area (TPSA) is 135 Å². The number of amides is 2. The van der Waals surface area contributed by atoms with Crippen molar-refractivity contribution in [3.8, 4) is 5.69 Å². The number of halogens is 3. The van der Waals surface area contributed by atoms with Crippen LogP contribution < -0.4 is 10.6 Å². The molecule has 3 rings (SSSR count). The maximum Gasteiger partial charge on any atom is 0.416 e. The lowest BCUT2D eigenvalue weighted by Crippen LogP contribution is -2.31. The van der Waals surface area contributed by atoms with Crippen LogP contribution in [0.4, 0.5) is 29.3 Å². The highest BCUT2D eigenvalue weighted by molar-refractivity contribution is 6.12. The molecule has 222 valence electrons. The van der Waals surface area contributed by atoms with Gasteiger partial charge in [-0.2, -0.15) is 13.2 Å². The number of carboxylic acid groups (broad SMARTS) is 1. The first-order valence-electron chi connectivity index (χ1n) is 12.5. The van der Waals surface area contributed by atoms with Crippen LogP contribution in [0.2, 0.25) is 0 Å². The van der Waals surface area contributed by atoms with Crippen molar-refractivity contribution in [3.63, 3.8) is 0 Å². The Balaban J connectivity index is 0.000000564. The molecule has 0 aliphatic carbocycles. The van der Waals surface area contributed by atoms with Gasteiger partial charge >= 0.3 is 12.3 Å². The van der Waals surface area contributed by atoms with Crippen LogP contribution in [-0.4, -0.2) is 49.1 Å². The zero-order valence-corrected chi connectivity index (χ0v) is 23.9. The molecule has 0 fully saturated rings. The van der Waals surface area contributed by atoms with E-state index in [0.717, 1.165) is 13.0 Å². The van der Waals surface area contributed by atoms with E-state index in [2.05, 4.69) is 57.2 Å². The fourth-order valence-electron chi connectivity index (χ4n) is 3.86. The van der Waals surface area contributed by atoms with Crippen molar-refractivity contribution in [1.29, 1.82) is 0 Å². The van der Waals surface area contributed by atoms with Gasteiger partial charge < -0.3 is 15.2 Å². The Labute approximate surface area is 235 Å². The van der Waals surface area contributed by atoms with Crippen molar-refractivity contribution < 1.29 is 37.4 Å². The van der Waals surface area contributed by atoms with Crippen LogP contribution in [0.25, 0.3) is 5.69 Å². The standard InChI is InChI=1S/C20H16F3N5O4.C8H18O/c1-11-7-15(26-19(31)32)16(9-14(11)20(21,22)23)25-18(30)10-17(29)12-3-2-4-13(8-12)28-6-5-24-27-28;1-7(2,3)9-8(4,5)6/h2-9,26H,10H2,1H3,(H,25,30)(H,31,32);1-6H3. The fourth-order valence-corrected chi connectivity index (χ4v) is 3.86. The van der Waals surface area contributed by atoms with Crippen LogP contribution in [0.3, 0.4) is 0 Å². The summed E-state index contributed by atoms with van der Waals surface area (Å²) in [5, 5.41) is 20.5. The Morgan fingerprint density at radius 1 is 0.951 bits per heavy atom. The zero-order valence-electron chi connectivity index (χ0n) is 23.9. The molecule has 0 saturated carbocycles. The highest BCUT2D eigenvalue weighted by Crippen LogP contribution is 2.37. The van der Waals surface area contributed by atoms with Gasteiger partial charge in [0.25, 0.3) is 0 Å². The molecule has 0 aliphatic rings. The lowest BCUT2D eigenvalue weighted by molar-refractivity contribution is -0.138. The predicted octanol–water partition coefficient (Wildman–Crippen LogP) is 6.50. The van der Waals surface area contributed by atoms with Gasteiger partial charge in [-0.15, -0.1) is 5.10 Å². The van der Waals surface area contributed by atoms with Gasteiger partial charge in [-0.1, -0.05) is 17.3 Å². The lowest BCUT2D eigenvalue weighted by Gasteiger charge is -2.30. The first kappa shape index (κ1) is 32.9. The highest BCUT2D eigenvalue weighted by Gasteiger charge is 2.33. The average Bonchev–Trinajstić information content (AvgIpc) is 3.33.